The number of thiophene rings is 1. The van der Waals surface area contributed by atoms with Crippen molar-refractivity contribution >= 4 is 34.7 Å². The molecule has 2 aliphatic rings. The molecule has 2 heterocycles. The predicted molar refractivity (Wildman–Crippen MR) is 115 cm³/mol. The molecule has 4 rings (SSSR count). The van der Waals surface area contributed by atoms with Crippen molar-refractivity contribution in [1.82, 2.24) is 10.9 Å². The molecule has 0 saturated carbocycles. The number of benzene rings is 1. The number of carbonyl (C=O) groups excluding carboxylic acids is 3. The van der Waals surface area contributed by atoms with Crippen LogP contribution in [0.1, 0.15) is 46.8 Å². The van der Waals surface area contributed by atoms with Crippen molar-refractivity contribution in [1.29, 1.82) is 0 Å². The van der Waals surface area contributed by atoms with Crippen LogP contribution >= 0.6 is 11.3 Å². The Morgan fingerprint density at radius 1 is 1.23 bits per heavy atom. The topological polar surface area (TPSA) is 87.7 Å². The van der Waals surface area contributed by atoms with Crippen LogP contribution < -0.4 is 20.5 Å². The highest BCUT2D eigenvalue weighted by Gasteiger charge is 2.31. The monoisotopic (exact) mass is 427 g/mol. The molecule has 1 aliphatic carbocycles. The number of rotatable bonds is 4. The van der Waals surface area contributed by atoms with Crippen molar-refractivity contribution in [2.75, 3.05) is 11.4 Å². The number of hydrazine groups is 1. The summed E-state index contributed by atoms with van der Waals surface area (Å²) >= 11 is 1.50. The molecule has 0 unspecified atom stereocenters. The number of hydrogen-bond acceptors (Lipinski definition) is 5. The highest BCUT2D eigenvalue weighted by molar-refractivity contribution is 7.14. The molecule has 158 valence electrons. The van der Waals surface area contributed by atoms with Gasteiger partial charge in [-0.2, -0.15) is 0 Å². The summed E-state index contributed by atoms with van der Waals surface area (Å²) in [6, 6.07) is 9.18. The van der Waals surface area contributed by atoms with Gasteiger partial charge >= 0.3 is 0 Å². The molecule has 7 nitrogen and oxygen atoms in total. The molecule has 1 aromatic carbocycles. The van der Waals surface area contributed by atoms with Crippen LogP contribution in [0.25, 0.3) is 0 Å². The Hall–Kier alpha value is -2.87. The first kappa shape index (κ1) is 20.4. The Balaban J connectivity index is 1.31. The average molecular weight is 428 g/mol. The third-order valence-corrected chi connectivity index (χ3v) is 6.74. The van der Waals surface area contributed by atoms with Gasteiger partial charge in [0.25, 0.3) is 11.8 Å². The van der Waals surface area contributed by atoms with Gasteiger partial charge in [0.15, 0.2) is 6.10 Å². The second-order valence-electron chi connectivity index (χ2n) is 7.88. The molecule has 2 N–H and O–H groups in total. The lowest BCUT2D eigenvalue weighted by Crippen LogP contribution is -2.47. The molecule has 0 spiro atoms. The van der Waals surface area contributed by atoms with Gasteiger partial charge in [-0.25, -0.2) is 0 Å². The number of amides is 3. The first-order valence-electron chi connectivity index (χ1n) is 10.2. The zero-order valence-corrected chi connectivity index (χ0v) is 17.9. The maximum Gasteiger partial charge on any atom is 0.279 e. The summed E-state index contributed by atoms with van der Waals surface area (Å²) in [7, 11) is 0. The van der Waals surface area contributed by atoms with Gasteiger partial charge in [-0.1, -0.05) is 19.1 Å². The van der Waals surface area contributed by atoms with Gasteiger partial charge < -0.3 is 9.64 Å². The summed E-state index contributed by atoms with van der Waals surface area (Å²) in [6.45, 7) is 4.11. The van der Waals surface area contributed by atoms with Crippen LogP contribution in [-0.4, -0.2) is 30.4 Å². The number of ether oxygens (including phenoxy) is 1. The maximum absolute atomic E-state index is 12.5. The van der Waals surface area contributed by atoms with E-state index in [0.29, 0.717) is 22.2 Å². The van der Waals surface area contributed by atoms with Crippen molar-refractivity contribution in [3.8, 4) is 5.75 Å². The van der Waals surface area contributed by atoms with E-state index >= 15 is 0 Å². The first-order valence-corrected chi connectivity index (χ1v) is 11.0. The fourth-order valence-corrected chi connectivity index (χ4v) is 4.97. The van der Waals surface area contributed by atoms with Crippen LogP contribution in [0, 0.1) is 5.92 Å². The van der Waals surface area contributed by atoms with Crippen molar-refractivity contribution in [2.24, 2.45) is 5.92 Å². The zero-order chi connectivity index (χ0) is 21.3. The van der Waals surface area contributed by atoms with Crippen LogP contribution in [0.5, 0.6) is 5.75 Å². The Labute approximate surface area is 179 Å². The number of hydrogen-bond donors (Lipinski definition) is 2. The number of anilines is 1. The van der Waals surface area contributed by atoms with Gasteiger partial charge in [0, 0.05) is 17.8 Å². The van der Waals surface area contributed by atoms with Crippen molar-refractivity contribution < 1.29 is 19.1 Å². The summed E-state index contributed by atoms with van der Waals surface area (Å²) < 4.78 is 5.60. The molecule has 2 aromatic rings. The second kappa shape index (κ2) is 8.47. The van der Waals surface area contributed by atoms with E-state index in [1.807, 2.05) is 18.2 Å². The van der Waals surface area contributed by atoms with E-state index in [2.05, 4.69) is 17.8 Å². The Morgan fingerprint density at radius 3 is 2.87 bits per heavy atom. The van der Waals surface area contributed by atoms with Crippen molar-refractivity contribution in [3.05, 3.63) is 45.6 Å². The largest absolute Gasteiger partial charge is 0.479 e. The van der Waals surface area contributed by atoms with E-state index < -0.39 is 6.10 Å². The number of nitrogens with one attached hydrogen (secondary N) is 2. The Kier molecular flexibility index (Phi) is 5.76. The van der Waals surface area contributed by atoms with Gasteiger partial charge in [0.2, 0.25) is 5.91 Å². The highest BCUT2D eigenvalue weighted by Crippen LogP contribution is 2.34. The highest BCUT2D eigenvalue weighted by atomic mass is 32.1. The zero-order valence-electron chi connectivity index (χ0n) is 17.1. The molecule has 0 bridgehead atoms. The minimum absolute atomic E-state index is 0.0610. The molecule has 0 saturated heterocycles. The lowest BCUT2D eigenvalue weighted by molar-refractivity contribution is -0.125. The summed E-state index contributed by atoms with van der Waals surface area (Å²) in [5.74, 6) is 0.399. The third kappa shape index (κ3) is 4.18. The molecular weight excluding hydrogens is 402 g/mol. The van der Waals surface area contributed by atoms with Crippen LogP contribution in [0.2, 0.25) is 0 Å². The second-order valence-corrected chi connectivity index (χ2v) is 9.01. The standard InChI is InChI=1S/C22H25N3O4S/c1-13-7-8-18-15(11-13)12-19(30-18)21(27)24-23-20(26)9-10-25-16-5-3-4-6-17(16)29-14(2)22(25)28/h3-6,12-14H,7-11H2,1-2H3,(H,23,26)(H,24,27)/t13-,14-/m1/s1. The quantitative estimate of drug-likeness (QED) is 0.735. The van der Waals surface area contributed by atoms with Gasteiger partial charge in [-0.05, 0) is 55.9 Å². The van der Waals surface area contributed by atoms with Crippen molar-refractivity contribution in [2.45, 2.75) is 45.6 Å². The molecule has 1 aliphatic heterocycles. The van der Waals surface area contributed by atoms with E-state index in [0.717, 1.165) is 19.3 Å². The van der Waals surface area contributed by atoms with E-state index in [4.69, 9.17) is 4.74 Å². The number of aryl methyl sites for hydroxylation is 1. The first-order chi connectivity index (χ1) is 14.4. The fourth-order valence-electron chi connectivity index (χ4n) is 3.87. The Morgan fingerprint density at radius 2 is 2.03 bits per heavy atom. The molecule has 1 aromatic heterocycles. The van der Waals surface area contributed by atoms with Gasteiger partial charge in [-0.3, -0.25) is 25.2 Å². The molecule has 0 fully saturated rings. The molecule has 2 atom stereocenters. The normalized spacial score (nSPS) is 20.1. The number of para-hydroxylation sites is 2. The molecule has 0 radical (unpaired) electrons. The van der Waals surface area contributed by atoms with E-state index in [1.54, 1.807) is 24.0 Å². The number of carbonyl (C=O) groups is 3. The number of fused-ring (bicyclic) bond motifs is 2. The Bertz CT molecular complexity index is 987. The van der Waals surface area contributed by atoms with E-state index in [-0.39, 0.29) is 30.7 Å². The minimum Gasteiger partial charge on any atom is -0.479 e. The van der Waals surface area contributed by atoms with Crippen molar-refractivity contribution in [3.63, 3.8) is 0 Å². The molecule has 8 heteroatoms. The molecule has 30 heavy (non-hydrogen) atoms. The molecule has 3 amide bonds. The summed E-state index contributed by atoms with van der Waals surface area (Å²) in [5.41, 5.74) is 6.84. The van der Waals surface area contributed by atoms with E-state index in [9.17, 15) is 14.4 Å². The van der Waals surface area contributed by atoms with Crippen LogP contribution in [0.3, 0.4) is 0 Å². The maximum atomic E-state index is 12.5. The van der Waals surface area contributed by atoms with Crippen LogP contribution in [0.4, 0.5) is 5.69 Å². The fraction of sp³-hybridized carbons (Fsp3) is 0.409. The summed E-state index contributed by atoms with van der Waals surface area (Å²) in [4.78, 5) is 40.6. The number of nitrogens with zero attached hydrogens (tertiary/aromatic N) is 1. The lowest BCUT2D eigenvalue weighted by Gasteiger charge is -2.32. The average Bonchev–Trinajstić information content (AvgIpc) is 3.15. The van der Waals surface area contributed by atoms with Crippen LogP contribution in [0.15, 0.2) is 30.3 Å². The third-order valence-electron chi connectivity index (χ3n) is 5.50. The van der Waals surface area contributed by atoms with E-state index in [1.165, 1.54) is 21.8 Å². The summed E-state index contributed by atoms with van der Waals surface area (Å²) in [6.07, 6.45) is 2.61. The van der Waals surface area contributed by atoms with Gasteiger partial charge in [-0.15, -0.1) is 11.3 Å². The predicted octanol–water partition coefficient (Wildman–Crippen LogP) is 2.84. The lowest BCUT2D eigenvalue weighted by atomic mass is 9.90. The van der Waals surface area contributed by atoms with Crippen LogP contribution in [-0.2, 0) is 22.4 Å². The molecular formula is C22H25N3O4S. The summed E-state index contributed by atoms with van der Waals surface area (Å²) in [5, 5.41) is 0. The van der Waals surface area contributed by atoms with Gasteiger partial charge in [0.1, 0.15) is 5.75 Å². The van der Waals surface area contributed by atoms with Gasteiger partial charge in [0.05, 0.1) is 10.6 Å². The smallest absolute Gasteiger partial charge is 0.279 e. The SMILES string of the molecule is C[C@@H]1CCc2sc(C(=O)NNC(=O)CCN3C(=O)[C@@H](C)Oc4ccccc43)cc2C1. The minimum atomic E-state index is -0.602.